The largest absolute Gasteiger partial charge is 0.477 e. The molecule has 5 heterocycles. The van der Waals surface area contributed by atoms with E-state index in [0.717, 1.165) is 11.5 Å². The number of carbonyl (C=O) groups excluding carboxylic acids is 2. The van der Waals surface area contributed by atoms with Gasteiger partial charge in [0.1, 0.15) is 22.1 Å². The monoisotopic (exact) mass is 611 g/mol. The van der Waals surface area contributed by atoms with Gasteiger partial charge >= 0.3 is 5.97 Å². The molecule has 4 N–H and O–H groups in total. The van der Waals surface area contributed by atoms with Crippen molar-refractivity contribution in [3.05, 3.63) is 59.6 Å². The molecule has 2 aliphatic heterocycles. The van der Waals surface area contributed by atoms with Gasteiger partial charge in [0, 0.05) is 23.0 Å². The van der Waals surface area contributed by atoms with E-state index in [1.165, 1.54) is 33.1 Å². The molecule has 1 aromatic carbocycles. The maximum Gasteiger partial charge on any atom is 0.352 e. The summed E-state index contributed by atoms with van der Waals surface area (Å²) in [6.45, 7) is 0. The molecule has 16 nitrogen and oxygen atoms in total. The van der Waals surface area contributed by atoms with Gasteiger partial charge in [-0.05, 0) is 40.3 Å². The van der Waals surface area contributed by atoms with E-state index in [9.17, 15) is 19.5 Å². The Morgan fingerprint density at radius 2 is 2.07 bits per heavy atom. The summed E-state index contributed by atoms with van der Waals surface area (Å²) >= 11 is 3.49. The molecule has 6 rings (SSSR count). The molecule has 2 atom stereocenters. The Balaban J connectivity index is 1.18. The summed E-state index contributed by atoms with van der Waals surface area (Å²) in [6, 6.07) is 11.0. The quantitative estimate of drug-likeness (QED) is 0.100. The van der Waals surface area contributed by atoms with Crippen LogP contribution in [0.25, 0.3) is 5.65 Å². The van der Waals surface area contributed by atoms with Crippen LogP contribution in [0.5, 0.6) is 5.75 Å². The fourth-order valence-corrected chi connectivity index (χ4v) is 6.74. The highest BCUT2D eigenvalue weighted by Crippen LogP contribution is 2.41. The Hall–Kier alpha value is -4.62. The number of nitrogens with two attached hydrogens (primary N) is 1. The number of oxime groups is 1. The zero-order valence-corrected chi connectivity index (χ0v) is 23.0. The fraction of sp³-hybridized carbons (Fsp3) is 0.182. The van der Waals surface area contributed by atoms with Crippen molar-refractivity contribution in [2.24, 2.45) is 5.16 Å². The smallest absolute Gasteiger partial charge is 0.352 e. The second-order valence-corrected chi connectivity index (χ2v) is 11.3. The molecular weight excluding hydrogens is 595 g/mol. The summed E-state index contributed by atoms with van der Waals surface area (Å²) in [5, 5.41) is 31.9. The highest BCUT2D eigenvalue weighted by atomic mass is 32.2. The Kier molecular flexibility index (Phi) is 7.20. The summed E-state index contributed by atoms with van der Waals surface area (Å²) in [6.07, 6.45) is 0. The third kappa shape index (κ3) is 5.28. The highest BCUT2D eigenvalue weighted by Gasteiger charge is 2.54. The molecule has 1 fully saturated rings. The van der Waals surface area contributed by atoms with Crippen molar-refractivity contribution in [1.29, 1.82) is 0 Å². The number of aromatic nitrogens is 7. The predicted octanol–water partition coefficient (Wildman–Crippen LogP) is 0.267. The third-order valence-corrected chi connectivity index (χ3v) is 8.72. The number of β-lactam (4-membered cyclic amide) rings is 1. The summed E-state index contributed by atoms with van der Waals surface area (Å²) in [5.74, 6) is -1.70. The molecule has 3 aromatic heterocycles. The number of para-hydroxylation sites is 1. The van der Waals surface area contributed by atoms with Gasteiger partial charge in [0.05, 0.1) is 0 Å². The summed E-state index contributed by atoms with van der Waals surface area (Å²) in [7, 11) is 0. The average molecular weight is 612 g/mol. The lowest BCUT2D eigenvalue weighted by Crippen LogP contribution is -2.71. The molecule has 208 valence electrons. The minimum atomic E-state index is -1.24. The van der Waals surface area contributed by atoms with Crippen LogP contribution in [0.2, 0.25) is 0 Å². The Labute approximate surface area is 242 Å². The standard InChI is InChI=1S/C22H17N11O5S3/c23-22-25-17(29-41-22)14(28-38-11-4-2-1-3-5-11)18(34)24-15-19(35)32-16(21(36)37)10(9-40-20(15)32)8-39-13-7-6-12-26-30-31-33(12)27-13/h1-7,15,20H,8-9H2,(H,24,34)(H,36,37)(H2,23,25,29)/b28-14+. The number of carboxylic acid groups (broad SMARTS) is 1. The van der Waals surface area contributed by atoms with Crippen molar-refractivity contribution in [2.75, 3.05) is 17.2 Å². The first-order valence-electron chi connectivity index (χ1n) is 11.7. The summed E-state index contributed by atoms with van der Waals surface area (Å²) in [4.78, 5) is 49.2. The number of benzene rings is 1. The van der Waals surface area contributed by atoms with Gasteiger partial charge in [-0.3, -0.25) is 14.5 Å². The second kappa shape index (κ2) is 11.1. The number of nitrogens with one attached hydrogen (secondary N) is 1. The first-order valence-corrected chi connectivity index (χ1v) is 14.5. The van der Waals surface area contributed by atoms with Gasteiger partial charge in [-0.15, -0.1) is 38.4 Å². The van der Waals surface area contributed by atoms with Crippen molar-refractivity contribution in [1.82, 2.24) is 44.8 Å². The normalized spacial score (nSPS) is 18.7. The molecule has 2 amide bonds. The molecule has 0 aliphatic carbocycles. The molecule has 2 aliphatic rings. The lowest BCUT2D eigenvalue weighted by Gasteiger charge is -2.49. The first-order chi connectivity index (χ1) is 19.9. The number of nitrogen functional groups attached to an aromatic ring is 1. The number of fused-ring (bicyclic) bond motifs is 2. The maximum atomic E-state index is 13.2. The SMILES string of the molecule is Nc1nc(/C(=N\Oc2ccccc2)C(=O)NC2C(=O)N3C(C(=O)O)=C(CSc4ccc5nnnn5n4)CSC23)ns1. The van der Waals surface area contributed by atoms with Crippen LogP contribution in [0.1, 0.15) is 5.82 Å². The Morgan fingerprint density at radius 1 is 1.24 bits per heavy atom. The van der Waals surface area contributed by atoms with Gasteiger partial charge in [-0.25, -0.2) is 4.79 Å². The zero-order valence-electron chi connectivity index (χ0n) is 20.5. The number of hydrogen-bond acceptors (Lipinski definition) is 15. The number of anilines is 1. The number of tetrazole rings is 1. The van der Waals surface area contributed by atoms with E-state index >= 15 is 0 Å². The molecule has 41 heavy (non-hydrogen) atoms. The predicted molar refractivity (Wildman–Crippen MR) is 147 cm³/mol. The Morgan fingerprint density at radius 3 is 2.83 bits per heavy atom. The van der Waals surface area contributed by atoms with Gasteiger partial charge < -0.3 is 21.0 Å². The number of thioether (sulfide) groups is 2. The molecular formula is C22H17N11O5S3. The molecule has 0 radical (unpaired) electrons. The van der Waals surface area contributed by atoms with E-state index in [1.54, 1.807) is 42.5 Å². The maximum absolute atomic E-state index is 13.2. The number of amides is 2. The van der Waals surface area contributed by atoms with E-state index in [2.05, 4.69) is 40.5 Å². The lowest BCUT2D eigenvalue weighted by atomic mass is 10.0. The lowest BCUT2D eigenvalue weighted by molar-refractivity contribution is -0.150. The topological polar surface area (TPSA) is 216 Å². The van der Waals surface area contributed by atoms with E-state index in [1.807, 2.05) is 0 Å². The van der Waals surface area contributed by atoms with Crippen LogP contribution >= 0.6 is 35.1 Å². The van der Waals surface area contributed by atoms with Crippen molar-refractivity contribution in [3.63, 3.8) is 0 Å². The summed E-state index contributed by atoms with van der Waals surface area (Å²) in [5.41, 5.74) is 6.31. The van der Waals surface area contributed by atoms with Crippen LogP contribution in [-0.2, 0) is 14.4 Å². The van der Waals surface area contributed by atoms with Crippen LogP contribution < -0.4 is 15.9 Å². The Bertz CT molecular complexity index is 1720. The zero-order chi connectivity index (χ0) is 28.5. The van der Waals surface area contributed by atoms with Gasteiger partial charge in [-0.2, -0.15) is 9.36 Å². The van der Waals surface area contributed by atoms with Crippen LogP contribution in [-0.4, -0.2) is 91.0 Å². The number of nitrogens with zero attached hydrogens (tertiary/aromatic N) is 9. The molecule has 19 heteroatoms. The number of aliphatic carboxylic acids is 1. The molecule has 0 spiro atoms. The number of rotatable bonds is 9. The highest BCUT2D eigenvalue weighted by molar-refractivity contribution is 8.01. The van der Waals surface area contributed by atoms with Crippen molar-refractivity contribution < 1.29 is 24.3 Å². The fourth-order valence-electron chi connectivity index (χ4n) is 3.97. The van der Waals surface area contributed by atoms with Crippen LogP contribution in [0, 0.1) is 0 Å². The van der Waals surface area contributed by atoms with Gasteiger partial charge in [0.2, 0.25) is 11.5 Å². The third-order valence-electron chi connectivity index (χ3n) is 5.83. The number of carboxylic acids is 1. The number of hydrogen-bond donors (Lipinski definition) is 3. The molecule has 0 saturated carbocycles. The second-order valence-electron chi connectivity index (χ2n) is 8.41. The first kappa shape index (κ1) is 26.6. The van der Waals surface area contributed by atoms with Gasteiger partial charge in [-0.1, -0.05) is 23.4 Å². The van der Waals surface area contributed by atoms with Crippen molar-refractivity contribution >= 4 is 69.3 Å². The molecule has 2 unspecified atom stereocenters. The van der Waals surface area contributed by atoms with Crippen LogP contribution in [0.4, 0.5) is 5.13 Å². The van der Waals surface area contributed by atoms with E-state index in [0.29, 0.717) is 27.7 Å². The van der Waals surface area contributed by atoms with Crippen LogP contribution in [0.3, 0.4) is 0 Å². The van der Waals surface area contributed by atoms with Crippen LogP contribution in [0.15, 0.2) is 63.9 Å². The minimum Gasteiger partial charge on any atom is -0.477 e. The average Bonchev–Trinajstić information content (AvgIpc) is 3.63. The molecule has 4 aromatic rings. The number of carbonyl (C=O) groups is 3. The van der Waals surface area contributed by atoms with Crippen molar-refractivity contribution in [3.8, 4) is 5.75 Å². The summed E-state index contributed by atoms with van der Waals surface area (Å²) < 4.78 is 5.30. The van der Waals surface area contributed by atoms with E-state index in [-0.39, 0.29) is 28.1 Å². The van der Waals surface area contributed by atoms with E-state index in [4.69, 9.17) is 10.6 Å². The van der Waals surface area contributed by atoms with E-state index < -0.39 is 29.2 Å². The van der Waals surface area contributed by atoms with Gasteiger partial charge in [0.25, 0.3) is 11.8 Å². The molecule has 1 saturated heterocycles. The minimum absolute atomic E-state index is 0.0697. The van der Waals surface area contributed by atoms with Gasteiger partial charge in [0.15, 0.2) is 16.5 Å². The van der Waals surface area contributed by atoms with Crippen molar-refractivity contribution in [2.45, 2.75) is 16.4 Å². The molecule has 0 bridgehead atoms.